The number of nitrogens with zero attached hydrogens (tertiary/aromatic N) is 2. The highest BCUT2D eigenvalue weighted by Gasteiger charge is 2.34. The molecule has 8 nitrogen and oxygen atoms in total. The summed E-state index contributed by atoms with van der Waals surface area (Å²) in [4.78, 5) is 12.4. The molecular weight excluding hydrogens is 354 g/mol. The second-order valence-electron chi connectivity index (χ2n) is 6.87. The van der Waals surface area contributed by atoms with Crippen molar-refractivity contribution in [3.63, 3.8) is 0 Å². The first-order valence-electron chi connectivity index (χ1n) is 8.64. The zero-order chi connectivity index (χ0) is 18.7. The van der Waals surface area contributed by atoms with Crippen LogP contribution in [0.1, 0.15) is 24.8 Å². The minimum atomic E-state index is -3.77. The number of hydrazine groups is 1. The first-order valence-corrected chi connectivity index (χ1v) is 10.1. The Labute approximate surface area is 153 Å². The molecule has 1 saturated heterocycles. The van der Waals surface area contributed by atoms with Gasteiger partial charge in [0.25, 0.3) is 0 Å². The highest BCUT2D eigenvalue weighted by atomic mass is 32.2. The van der Waals surface area contributed by atoms with E-state index < -0.39 is 10.0 Å². The van der Waals surface area contributed by atoms with E-state index in [1.807, 2.05) is 6.07 Å². The average molecular weight is 377 g/mol. The van der Waals surface area contributed by atoms with Gasteiger partial charge in [0.2, 0.25) is 15.9 Å². The first-order chi connectivity index (χ1) is 12.4. The van der Waals surface area contributed by atoms with Gasteiger partial charge < -0.3 is 5.32 Å². The third kappa shape index (κ3) is 4.04. The van der Waals surface area contributed by atoms with Crippen molar-refractivity contribution in [3.8, 4) is 6.07 Å². The monoisotopic (exact) mass is 377 g/mol. The topological polar surface area (TPSA) is 114 Å². The fraction of sp³-hybridized carbons (Fsp3) is 0.529. The Morgan fingerprint density at radius 1 is 1.35 bits per heavy atom. The fourth-order valence-electron chi connectivity index (χ4n) is 3.57. The zero-order valence-electron chi connectivity index (χ0n) is 14.6. The molecule has 1 amide bonds. The number of nitriles is 1. The largest absolute Gasteiger partial charge is 0.352 e. The maximum absolute atomic E-state index is 12.6. The van der Waals surface area contributed by atoms with E-state index in [9.17, 15) is 13.2 Å². The van der Waals surface area contributed by atoms with Gasteiger partial charge in [0.15, 0.2) is 0 Å². The molecule has 140 valence electrons. The van der Waals surface area contributed by atoms with Gasteiger partial charge in [-0.25, -0.2) is 8.42 Å². The Balaban J connectivity index is 1.57. The molecule has 26 heavy (non-hydrogen) atoms. The molecule has 1 saturated carbocycles. The lowest BCUT2D eigenvalue weighted by Gasteiger charge is -2.31. The highest BCUT2D eigenvalue weighted by molar-refractivity contribution is 7.89. The van der Waals surface area contributed by atoms with E-state index >= 15 is 0 Å². The summed E-state index contributed by atoms with van der Waals surface area (Å²) in [5.41, 5.74) is 6.77. The molecule has 1 aromatic carbocycles. The number of carbonyl (C=O) groups excluding carboxylic acids is 1. The predicted molar refractivity (Wildman–Crippen MR) is 95.2 cm³/mol. The molecule has 0 radical (unpaired) electrons. The molecule has 3 rings (SSSR count). The molecule has 3 atom stereocenters. The molecule has 3 unspecified atom stereocenters. The Kier molecular flexibility index (Phi) is 5.58. The van der Waals surface area contributed by atoms with Gasteiger partial charge >= 0.3 is 0 Å². The Morgan fingerprint density at radius 3 is 2.77 bits per heavy atom. The molecule has 0 bridgehead atoms. The van der Waals surface area contributed by atoms with Crippen molar-refractivity contribution in [2.45, 2.75) is 36.2 Å². The fourth-order valence-corrected chi connectivity index (χ4v) is 4.70. The van der Waals surface area contributed by atoms with E-state index in [-0.39, 0.29) is 23.4 Å². The van der Waals surface area contributed by atoms with Crippen LogP contribution >= 0.6 is 0 Å². The SMILES string of the molecule is CN(CC(=O)NC1CCC2NNCC2C1)S(=O)(=O)c1ccc(C#N)cc1. The van der Waals surface area contributed by atoms with Crippen LogP contribution in [0.5, 0.6) is 0 Å². The Hall–Kier alpha value is -1.99. The molecule has 2 aliphatic rings. The summed E-state index contributed by atoms with van der Waals surface area (Å²) in [6, 6.07) is 8.14. The Bertz CT molecular complexity index is 803. The molecule has 9 heteroatoms. The van der Waals surface area contributed by atoms with Gasteiger partial charge in [-0.2, -0.15) is 9.57 Å². The van der Waals surface area contributed by atoms with Gasteiger partial charge in [-0.1, -0.05) is 0 Å². The lowest BCUT2D eigenvalue weighted by molar-refractivity contribution is -0.122. The van der Waals surface area contributed by atoms with E-state index in [0.717, 1.165) is 30.1 Å². The van der Waals surface area contributed by atoms with Crippen LogP contribution in [0.2, 0.25) is 0 Å². The summed E-state index contributed by atoms with van der Waals surface area (Å²) in [6.45, 7) is 0.660. The van der Waals surface area contributed by atoms with Crippen LogP contribution in [0.25, 0.3) is 0 Å². The lowest BCUT2D eigenvalue weighted by Crippen LogP contribution is -2.47. The van der Waals surface area contributed by atoms with Crippen LogP contribution in [0.15, 0.2) is 29.2 Å². The van der Waals surface area contributed by atoms with Crippen molar-refractivity contribution in [3.05, 3.63) is 29.8 Å². The van der Waals surface area contributed by atoms with Crippen molar-refractivity contribution in [1.29, 1.82) is 5.26 Å². The standard InChI is InChI=1S/C17H23N5O3S/c1-22(26(24,25)15-5-2-12(9-18)3-6-15)11-17(23)20-14-4-7-16-13(8-14)10-19-21-16/h2-3,5-6,13-14,16,19,21H,4,7-8,10-11H2,1H3,(H,20,23). The smallest absolute Gasteiger partial charge is 0.243 e. The van der Waals surface area contributed by atoms with Crippen LogP contribution in [-0.4, -0.2) is 50.9 Å². The van der Waals surface area contributed by atoms with Crippen molar-refractivity contribution >= 4 is 15.9 Å². The third-order valence-corrected chi connectivity index (χ3v) is 6.87. The van der Waals surface area contributed by atoms with Gasteiger partial charge in [0, 0.05) is 25.7 Å². The van der Waals surface area contributed by atoms with E-state index in [1.54, 1.807) is 0 Å². The number of fused-ring (bicyclic) bond motifs is 1. The van der Waals surface area contributed by atoms with Gasteiger partial charge in [-0.15, -0.1) is 0 Å². The van der Waals surface area contributed by atoms with Crippen LogP contribution in [0.4, 0.5) is 0 Å². The van der Waals surface area contributed by atoms with Crippen LogP contribution < -0.4 is 16.2 Å². The van der Waals surface area contributed by atoms with Crippen molar-refractivity contribution < 1.29 is 13.2 Å². The van der Waals surface area contributed by atoms with E-state index in [4.69, 9.17) is 5.26 Å². The molecule has 1 aliphatic heterocycles. The number of benzene rings is 1. The van der Waals surface area contributed by atoms with Crippen LogP contribution in [0, 0.1) is 17.2 Å². The molecule has 0 aromatic heterocycles. The number of rotatable bonds is 5. The summed E-state index contributed by atoms with van der Waals surface area (Å²) >= 11 is 0. The molecule has 2 fully saturated rings. The van der Waals surface area contributed by atoms with E-state index in [1.165, 1.54) is 31.3 Å². The quantitative estimate of drug-likeness (QED) is 0.662. The van der Waals surface area contributed by atoms with Crippen molar-refractivity contribution in [1.82, 2.24) is 20.5 Å². The van der Waals surface area contributed by atoms with Crippen LogP contribution in [0.3, 0.4) is 0 Å². The van der Waals surface area contributed by atoms with Gasteiger partial charge in [0.1, 0.15) is 0 Å². The predicted octanol–water partition coefficient (Wildman–Crippen LogP) is -0.0599. The summed E-state index contributed by atoms with van der Waals surface area (Å²) < 4.78 is 26.1. The van der Waals surface area contributed by atoms with Gasteiger partial charge in [-0.05, 0) is 49.4 Å². The maximum atomic E-state index is 12.6. The zero-order valence-corrected chi connectivity index (χ0v) is 15.4. The summed E-state index contributed by atoms with van der Waals surface area (Å²) in [5, 5.41) is 11.8. The number of hydrogen-bond donors (Lipinski definition) is 3. The van der Waals surface area contributed by atoms with Gasteiger partial charge in [0.05, 0.1) is 23.1 Å². The summed E-state index contributed by atoms with van der Waals surface area (Å²) in [7, 11) is -2.39. The second-order valence-corrected chi connectivity index (χ2v) is 8.91. The number of hydrogen-bond acceptors (Lipinski definition) is 6. The molecular formula is C17H23N5O3S. The maximum Gasteiger partial charge on any atom is 0.243 e. The number of nitrogens with one attached hydrogen (secondary N) is 3. The normalized spacial score (nSPS) is 25.5. The van der Waals surface area contributed by atoms with Gasteiger partial charge in [-0.3, -0.25) is 15.6 Å². The molecule has 1 heterocycles. The third-order valence-electron chi connectivity index (χ3n) is 5.06. The Morgan fingerprint density at radius 2 is 2.08 bits per heavy atom. The minimum Gasteiger partial charge on any atom is -0.352 e. The second kappa shape index (κ2) is 7.72. The summed E-state index contributed by atoms with van der Waals surface area (Å²) in [5.74, 6) is 0.196. The number of amides is 1. The average Bonchev–Trinajstić information content (AvgIpc) is 3.09. The van der Waals surface area contributed by atoms with E-state index in [0.29, 0.717) is 17.5 Å². The number of likely N-dealkylation sites (N-methyl/N-ethyl adjacent to an activating group) is 1. The molecule has 0 spiro atoms. The van der Waals surface area contributed by atoms with Crippen LogP contribution in [-0.2, 0) is 14.8 Å². The lowest BCUT2D eigenvalue weighted by atomic mass is 9.83. The van der Waals surface area contributed by atoms with Crippen molar-refractivity contribution in [2.24, 2.45) is 5.92 Å². The molecule has 1 aliphatic carbocycles. The van der Waals surface area contributed by atoms with Crippen molar-refractivity contribution in [2.75, 3.05) is 20.1 Å². The summed E-state index contributed by atoms with van der Waals surface area (Å²) in [6.07, 6.45) is 2.76. The minimum absolute atomic E-state index is 0.0652. The molecule has 3 N–H and O–H groups in total. The number of carbonyl (C=O) groups is 1. The molecule has 1 aromatic rings. The van der Waals surface area contributed by atoms with E-state index in [2.05, 4.69) is 16.2 Å². The highest BCUT2D eigenvalue weighted by Crippen LogP contribution is 2.26. The first kappa shape index (κ1) is 18.8. The number of sulfonamides is 1.